The maximum absolute atomic E-state index is 5.83. The van der Waals surface area contributed by atoms with Crippen LogP contribution in [0, 0.1) is 5.92 Å². The van der Waals surface area contributed by atoms with Crippen LogP contribution in [0.15, 0.2) is 16.6 Å². The van der Waals surface area contributed by atoms with Crippen molar-refractivity contribution >= 4 is 17.2 Å². The van der Waals surface area contributed by atoms with Crippen LogP contribution < -0.4 is 5.73 Å². The molecule has 0 amide bonds. The average molecular weight is 211 g/mol. The number of nitrogens with two attached hydrogens (primary N) is 1. The van der Waals surface area contributed by atoms with Gasteiger partial charge in [0.1, 0.15) is 11.0 Å². The van der Waals surface area contributed by atoms with Crippen LogP contribution in [0.4, 0.5) is 0 Å². The molecule has 1 rings (SSSR count). The number of nitrogens with zero attached hydrogens (tertiary/aromatic N) is 2. The normalized spacial score (nSPS) is 14.7. The van der Waals surface area contributed by atoms with Crippen LogP contribution in [0.5, 0.6) is 0 Å². The highest BCUT2D eigenvalue weighted by Gasteiger charge is 2.11. The smallest absolute Gasteiger partial charge is 0.117 e. The lowest BCUT2D eigenvalue weighted by molar-refractivity contribution is 0.682. The van der Waals surface area contributed by atoms with E-state index in [1.165, 1.54) is 0 Å². The van der Waals surface area contributed by atoms with E-state index in [4.69, 9.17) is 5.73 Å². The third-order valence-electron chi connectivity index (χ3n) is 2.02. The molecule has 2 N–H and O–H groups in total. The summed E-state index contributed by atoms with van der Waals surface area (Å²) in [5.74, 6) is 1.02. The van der Waals surface area contributed by atoms with Crippen molar-refractivity contribution in [2.45, 2.75) is 33.2 Å². The summed E-state index contributed by atoms with van der Waals surface area (Å²) < 4.78 is 0. The van der Waals surface area contributed by atoms with Crippen LogP contribution in [0.3, 0.4) is 0 Å². The van der Waals surface area contributed by atoms with Gasteiger partial charge >= 0.3 is 0 Å². The Balaban J connectivity index is 2.79. The first-order valence-corrected chi connectivity index (χ1v) is 5.75. The van der Waals surface area contributed by atoms with E-state index in [0.29, 0.717) is 11.8 Å². The molecule has 0 aromatic carbocycles. The van der Waals surface area contributed by atoms with Crippen molar-refractivity contribution < 1.29 is 0 Å². The molecule has 0 bridgehead atoms. The van der Waals surface area contributed by atoms with Gasteiger partial charge < -0.3 is 5.73 Å². The Labute approximate surface area is 89.1 Å². The molecule has 0 spiro atoms. The van der Waals surface area contributed by atoms with Crippen molar-refractivity contribution in [3.8, 4) is 0 Å². The summed E-state index contributed by atoms with van der Waals surface area (Å²) in [6.07, 6.45) is 2.75. The van der Waals surface area contributed by atoms with Gasteiger partial charge in [0.05, 0.1) is 5.84 Å². The molecule has 1 atom stereocenters. The topological polar surface area (TPSA) is 51.3 Å². The Hall–Kier alpha value is -0.900. The Bertz CT molecular complexity index is 290. The third-order valence-corrected chi connectivity index (χ3v) is 2.90. The lowest BCUT2D eigenvalue weighted by Crippen LogP contribution is -2.20. The zero-order valence-electron chi connectivity index (χ0n) is 8.90. The van der Waals surface area contributed by atoms with Gasteiger partial charge in [-0.2, -0.15) is 0 Å². The second kappa shape index (κ2) is 5.10. The highest BCUT2D eigenvalue weighted by Crippen LogP contribution is 2.23. The van der Waals surface area contributed by atoms with Crippen LogP contribution in [0.25, 0.3) is 0 Å². The van der Waals surface area contributed by atoms with Crippen LogP contribution in [0.2, 0.25) is 0 Å². The van der Waals surface area contributed by atoms with Crippen molar-refractivity contribution in [1.29, 1.82) is 0 Å². The SMILES string of the molecule is CCC(N=C(N)C(C)C)c1nccs1. The van der Waals surface area contributed by atoms with Gasteiger partial charge in [-0.15, -0.1) is 11.3 Å². The summed E-state index contributed by atoms with van der Waals surface area (Å²) >= 11 is 1.64. The predicted molar refractivity (Wildman–Crippen MR) is 61.6 cm³/mol. The van der Waals surface area contributed by atoms with E-state index in [1.54, 1.807) is 11.3 Å². The minimum atomic E-state index is 0.136. The Morgan fingerprint density at radius 2 is 2.36 bits per heavy atom. The third kappa shape index (κ3) is 2.80. The van der Waals surface area contributed by atoms with E-state index in [0.717, 1.165) is 11.4 Å². The first kappa shape index (κ1) is 11.2. The van der Waals surface area contributed by atoms with Gasteiger partial charge in [0.25, 0.3) is 0 Å². The number of hydrogen-bond acceptors (Lipinski definition) is 3. The molecule has 1 heterocycles. The summed E-state index contributed by atoms with van der Waals surface area (Å²) in [5.41, 5.74) is 5.83. The van der Waals surface area contributed by atoms with Crippen LogP contribution in [-0.4, -0.2) is 10.8 Å². The number of rotatable bonds is 4. The minimum Gasteiger partial charge on any atom is -0.387 e. The summed E-state index contributed by atoms with van der Waals surface area (Å²) in [6.45, 7) is 6.20. The highest BCUT2D eigenvalue weighted by molar-refractivity contribution is 7.09. The lowest BCUT2D eigenvalue weighted by atomic mass is 10.2. The highest BCUT2D eigenvalue weighted by atomic mass is 32.1. The Morgan fingerprint density at radius 3 is 2.79 bits per heavy atom. The van der Waals surface area contributed by atoms with Crippen LogP contribution in [0.1, 0.15) is 38.2 Å². The van der Waals surface area contributed by atoms with Gasteiger partial charge in [-0.1, -0.05) is 20.8 Å². The molecule has 4 heteroatoms. The molecule has 0 aliphatic rings. The quantitative estimate of drug-likeness (QED) is 0.615. The van der Waals surface area contributed by atoms with Gasteiger partial charge in [-0.3, -0.25) is 4.99 Å². The largest absolute Gasteiger partial charge is 0.387 e. The zero-order valence-corrected chi connectivity index (χ0v) is 9.71. The van der Waals surface area contributed by atoms with Crippen LogP contribution in [-0.2, 0) is 0 Å². The van der Waals surface area contributed by atoms with E-state index in [1.807, 2.05) is 25.4 Å². The summed E-state index contributed by atoms with van der Waals surface area (Å²) in [6, 6.07) is 0.136. The van der Waals surface area contributed by atoms with E-state index in [-0.39, 0.29) is 6.04 Å². The molecule has 0 aliphatic carbocycles. The number of amidine groups is 1. The molecule has 0 saturated heterocycles. The van der Waals surface area contributed by atoms with Gasteiger partial charge in [0, 0.05) is 17.5 Å². The zero-order chi connectivity index (χ0) is 10.6. The van der Waals surface area contributed by atoms with Crippen molar-refractivity contribution in [3.05, 3.63) is 16.6 Å². The Kier molecular flexibility index (Phi) is 4.07. The molecule has 1 aromatic rings. The standard InChI is InChI=1S/C10H17N3S/c1-4-8(10-12-5-6-14-10)13-9(11)7(2)3/h5-8H,4H2,1-3H3,(H2,11,13). The fourth-order valence-electron chi connectivity index (χ4n) is 1.05. The predicted octanol–water partition coefficient (Wildman–Crippen LogP) is 2.61. The molecule has 0 saturated carbocycles. The molecular formula is C10H17N3S. The summed E-state index contributed by atoms with van der Waals surface area (Å²) in [4.78, 5) is 8.73. The van der Waals surface area contributed by atoms with Gasteiger partial charge in [0.15, 0.2) is 0 Å². The van der Waals surface area contributed by atoms with E-state index < -0.39 is 0 Å². The summed E-state index contributed by atoms with van der Waals surface area (Å²) in [5, 5.41) is 3.02. The molecule has 1 aromatic heterocycles. The molecule has 1 unspecified atom stereocenters. The number of thiazole rings is 1. The molecule has 0 fully saturated rings. The first-order valence-electron chi connectivity index (χ1n) is 4.87. The molecule has 78 valence electrons. The second-order valence-electron chi connectivity index (χ2n) is 3.50. The van der Waals surface area contributed by atoms with E-state index >= 15 is 0 Å². The molecule has 14 heavy (non-hydrogen) atoms. The Morgan fingerprint density at radius 1 is 1.64 bits per heavy atom. The molecular weight excluding hydrogens is 194 g/mol. The van der Waals surface area contributed by atoms with E-state index in [9.17, 15) is 0 Å². The van der Waals surface area contributed by atoms with Crippen molar-refractivity contribution in [1.82, 2.24) is 4.98 Å². The van der Waals surface area contributed by atoms with Crippen molar-refractivity contribution in [2.24, 2.45) is 16.6 Å². The first-order chi connectivity index (χ1) is 6.65. The fraction of sp³-hybridized carbons (Fsp3) is 0.600. The van der Waals surface area contributed by atoms with Crippen LogP contribution >= 0.6 is 11.3 Å². The van der Waals surface area contributed by atoms with E-state index in [2.05, 4.69) is 16.9 Å². The maximum atomic E-state index is 5.83. The van der Waals surface area contributed by atoms with Gasteiger partial charge in [0.2, 0.25) is 0 Å². The molecule has 0 radical (unpaired) electrons. The number of hydrogen-bond donors (Lipinski definition) is 1. The van der Waals surface area contributed by atoms with Crippen molar-refractivity contribution in [3.63, 3.8) is 0 Å². The minimum absolute atomic E-state index is 0.136. The van der Waals surface area contributed by atoms with Gasteiger partial charge in [-0.05, 0) is 6.42 Å². The fourth-order valence-corrected chi connectivity index (χ4v) is 1.81. The summed E-state index contributed by atoms with van der Waals surface area (Å²) in [7, 11) is 0. The monoisotopic (exact) mass is 211 g/mol. The molecule has 0 aliphatic heterocycles. The molecule has 3 nitrogen and oxygen atoms in total. The maximum Gasteiger partial charge on any atom is 0.117 e. The second-order valence-corrected chi connectivity index (χ2v) is 4.43. The van der Waals surface area contributed by atoms with Crippen molar-refractivity contribution in [2.75, 3.05) is 0 Å². The average Bonchev–Trinajstić information content (AvgIpc) is 2.66. The van der Waals surface area contributed by atoms with Gasteiger partial charge in [-0.25, -0.2) is 4.98 Å². The number of aromatic nitrogens is 1. The lowest BCUT2D eigenvalue weighted by Gasteiger charge is -2.10. The number of aliphatic imine (C=N–C) groups is 1.